The molecule has 0 spiro atoms. The second kappa shape index (κ2) is 14.6. The molecule has 0 saturated carbocycles. The van der Waals surface area contributed by atoms with Gasteiger partial charge in [-0.05, 0) is 42.3 Å². The molecule has 0 unspecified atom stereocenters. The molecule has 4 aromatic carbocycles. The molecule has 0 fully saturated rings. The predicted molar refractivity (Wildman–Crippen MR) is 184 cm³/mol. The van der Waals surface area contributed by atoms with Crippen molar-refractivity contribution >= 4 is 5.97 Å². The first-order valence-corrected chi connectivity index (χ1v) is 16.2. The molecule has 264 valence electrons. The number of carbonyl (C=O) groups is 1. The van der Waals surface area contributed by atoms with Crippen LogP contribution in [0.25, 0.3) is 0 Å². The van der Waals surface area contributed by atoms with E-state index < -0.39 is 18.2 Å². The van der Waals surface area contributed by atoms with Crippen LogP contribution < -0.4 is 42.6 Å². The number of carbonyl (C=O) groups excluding carboxylic acids is 1. The lowest BCUT2D eigenvalue weighted by Crippen LogP contribution is -2.35. The maximum Gasteiger partial charge on any atom is 0.303 e. The summed E-state index contributed by atoms with van der Waals surface area (Å²) in [5.74, 6) is 4.43. The van der Waals surface area contributed by atoms with Crippen LogP contribution in [0.5, 0.6) is 51.7 Å². The van der Waals surface area contributed by atoms with Crippen LogP contribution in [0.4, 0.5) is 0 Å². The lowest BCUT2D eigenvalue weighted by molar-refractivity contribution is -0.152. The molecule has 50 heavy (non-hydrogen) atoms. The molecular weight excluding hydrogens is 644 g/mol. The monoisotopic (exact) mass is 686 g/mol. The summed E-state index contributed by atoms with van der Waals surface area (Å²) in [5, 5.41) is 0. The first-order valence-electron chi connectivity index (χ1n) is 16.2. The van der Waals surface area contributed by atoms with E-state index in [0.29, 0.717) is 64.4 Å². The predicted octanol–water partition coefficient (Wildman–Crippen LogP) is 7.01. The first kappa shape index (κ1) is 34.4. The van der Waals surface area contributed by atoms with Crippen molar-refractivity contribution in [2.75, 3.05) is 49.8 Å². The number of methoxy groups -OCH3 is 7. The van der Waals surface area contributed by atoms with Gasteiger partial charge in [0, 0.05) is 53.6 Å². The molecule has 4 aromatic rings. The van der Waals surface area contributed by atoms with Gasteiger partial charge in [-0.25, -0.2) is 0 Å². The van der Waals surface area contributed by atoms with Crippen LogP contribution in [0, 0.1) is 0 Å². The second-order valence-electron chi connectivity index (χ2n) is 11.9. The Kier molecular flexibility index (Phi) is 10.0. The number of rotatable bonds is 11. The lowest BCUT2D eigenvalue weighted by atomic mass is 9.79. The molecule has 0 bridgehead atoms. The molecule has 11 heteroatoms. The van der Waals surface area contributed by atoms with Crippen LogP contribution in [-0.4, -0.2) is 61.8 Å². The van der Waals surface area contributed by atoms with Gasteiger partial charge in [-0.1, -0.05) is 18.2 Å². The Bertz CT molecular complexity index is 1830. The zero-order valence-corrected chi connectivity index (χ0v) is 29.5. The van der Waals surface area contributed by atoms with E-state index in [9.17, 15) is 4.79 Å². The molecule has 0 N–H and O–H groups in total. The summed E-state index contributed by atoms with van der Waals surface area (Å²) >= 11 is 0. The standard InChI is InChI=1S/C39H42O11/c1-21(40)48-35-19-28-30(43-4)20-32(44-5)36(38(28)50-37(35)23-15-33(45-6)39(47-8)34(16-23)46-7)27-18-29(22-9-11-24(41-2)12-10-22)49-31-17-25(42-3)13-14-26(27)31/h9-17,20,27,29,35,37H,18-19H2,1-8H3/t27-,29+,35+,37-/m1/s1. The van der Waals surface area contributed by atoms with Gasteiger partial charge in [0.1, 0.15) is 46.7 Å². The summed E-state index contributed by atoms with van der Waals surface area (Å²) in [7, 11) is 11.1. The fourth-order valence-corrected chi connectivity index (χ4v) is 6.93. The van der Waals surface area contributed by atoms with Crippen molar-refractivity contribution in [1.82, 2.24) is 0 Å². The van der Waals surface area contributed by atoms with Crippen molar-refractivity contribution in [3.05, 3.63) is 88.5 Å². The van der Waals surface area contributed by atoms with Gasteiger partial charge in [0.25, 0.3) is 0 Å². The third-order valence-electron chi connectivity index (χ3n) is 9.26. The molecule has 2 aliphatic rings. The highest BCUT2D eigenvalue weighted by molar-refractivity contribution is 5.68. The largest absolute Gasteiger partial charge is 0.497 e. The van der Waals surface area contributed by atoms with Crippen molar-refractivity contribution in [3.8, 4) is 51.7 Å². The first-order chi connectivity index (χ1) is 24.3. The van der Waals surface area contributed by atoms with Gasteiger partial charge in [-0.2, -0.15) is 0 Å². The molecule has 0 saturated heterocycles. The summed E-state index contributed by atoms with van der Waals surface area (Å²) in [5.41, 5.74) is 4.15. The van der Waals surface area contributed by atoms with Gasteiger partial charge in [-0.15, -0.1) is 0 Å². The molecule has 2 heterocycles. The highest BCUT2D eigenvalue weighted by Crippen LogP contribution is 2.56. The molecule has 4 atom stereocenters. The minimum atomic E-state index is -0.761. The van der Waals surface area contributed by atoms with Gasteiger partial charge in [0.2, 0.25) is 5.75 Å². The third-order valence-corrected chi connectivity index (χ3v) is 9.26. The number of fused-ring (bicyclic) bond motifs is 2. The van der Waals surface area contributed by atoms with Crippen molar-refractivity contribution in [3.63, 3.8) is 0 Å². The van der Waals surface area contributed by atoms with E-state index in [1.165, 1.54) is 6.92 Å². The lowest BCUT2D eigenvalue weighted by Gasteiger charge is -2.39. The van der Waals surface area contributed by atoms with Crippen molar-refractivity contribution < 1.29 is 52.2 Å². The van der Waals surface area contributed by atoms with Crippen LogP contribution in [0.3, 0.4) is 0 Å². The third kappa shape index (κ3) is 6.35. The number of hydrogen-bond donors (Lipinski definition) is 0. The summed E-state index contributed by atoms with van der Waals surface area (Å²) < 4.78 is 59.5. The van der Waals surface area contributed by atoms with Crippen molar-refractivity contribution in [2.45, 2.75) is 44.0 Å². The van der Waals surface area contributed by atoms with E-state index in [1.807, 2.05) is 48.5 Å². The zero-order chi connectivity index (χ0) is 35.5. The molecule has 2 aliphatic heterocycles. The van der Waals surface area contributed by atoms with E-state index in [2.05, 4.69) is 0 Å². The minimum Gasteiger partial charge on any atom is -0.497 e. The molecule has 0 aliphatic carbocycles. The normalized spacial score (nSPS) is 19.0. The summed E-state index contributed by atoms with van der Waals surface area (Å²) in [6.07, 6.45) is -0.931. The van der Waals surface area contributed by atoms with Gasteiger partial charge in [-0.3, -0.25) is 4.79 Å². The Labute approximate surface area is 291 Å². The van der Waals surface area contributed by atoms with Gasteiger partial charge in [0.15, 0.2) is 17.6 Å². The molecular formula is C39H42O11. The van der Waals surface area contributed by atoms with Gasteiger partial charge >= 0.3 is 5.97 Å². The quantitative estimate of drug-likeness (QED) is 0.152. The number of ether oxygens (including phenoxy) is 10. The van der Waals surface area contributed by atoms with Gasteiger partial charge in [0.05, 0.1) is 49.8 Å². The zero-order valence-electron chi connectivity index (χ0n) is 29.5. The molecule has 0 radical (unpaired) electrons. The van der Waals surface area contributed by atoms with Crippen LogP contribution in [0.2, 0.25) is 0 Å². The van der Waals surface area contributed by atoms with E-state index in [4.69, 9.17) is 47.4 Å². The maximum atomic E-state index is 12.5. The Hall–Kier alpha value is -5.45. The van der Waals surface area contributed by atoms with Crippen LogP contribution in [0.15, 0.2) is 60.7 Å². The topological polar surface area (TPSA) is 109 Å². The SMILES string of the molecule is COc1ccc([C@@H]2C[C@@H](c3c(OC)cc(OC)c4c3O[C@H](c3cc(OC)c(OC)c(OC)c3)[C@@H](OC(C)=O)C4)c3ccc(OC)cc3O2)cc1. The molecule has 0 aromatic heterocycles. The smallest absolute Gasteiger partial charge is 0.303 e. The Balaban J connectivity index is 1.55. The molecule has 6 rings (SSSR count). The average Bonchev–Trinajstić information content (AvgIpc) is 3.15. The van der Waals surface area contributed by atoms with Crippen molar-refractivity contribution in [1.29, 1.82) is 0 Å². The fraction of sp³-hybridized carbons (Fsp3) is 0.359. The van der Waals surface area contributed by atoms with Crippen molar-refractivity contribution in [2.24, 2.45) is 0 Å². The van der Waals surface area contributed by atoms with E-state index in [1.54, 1.807) is 61.9 Å². The summed E-state index contributed by atoms with van der Waals surface area (Å²) in [6, 6.07) is 19.2. The fourth-order valence-electron chi connectivity index (χ4n) is 6.93. The van der Waals surface area contributed by atoms with Crippen LogP contribution >= 0.6 is 0 Å². The van der Waals surface area contributed by atoms with E-state index >= 15 is 0 Å². The highest BCUT2D eigenvalue weighted by atomic mass is 16.6. The van der Waals surface area contributed by atoms with E-state index in [0.717, 1.165) is 28.0 Å². The maximum absolute atomic E-state index is 12.5. The Morgan fingerprint density at radius 2 is 1.30 bits per heavy atom. The van der Waals surface area contributed by atoms with Gasteiger partial charge < -0.3 is 47.4 Å². The number of benzene rings is 4. The summed E-state index contributed by atoms with van der Waals surface area (Å²) in [6.45, 7) is 1.38. The number of hydrogen-bond acceptors (Lipinski definition) is 11. The number of esters is 1. The highest BCUT2D eigenvalue weighted by Gasteiger charge is 2.42. The summed E-state index contributed by atoms with van der Waals surface area (Å²) in [4.78, 5) is 12.5. The Morgan fingerprint density at radius 1 is 0.660 bits per heavy atom. The average molecular weight is 687 g/mol. The molecule has 0 amide bonds. The van der Waals surface area contributed by atoms with Crippen LogP contribution in [-0.2, 0) is 16.0 Å². The van der Waals surface area contributed by atoms with Crippen LogP contribution in [0.1, 0.15) is 59.3 Å². The second-order valence-corrected chi connectivity index (χ2v) is 11.9. The minimum absolute atomic E-state index is 0.253. The van der Waals surface area contributed by atoms with E-state index in [-0.39, 0.29) is 12.0 Å². The Morgan fingerprint density at radius 3 is 1.88 bits per heavy atom. The molecule has 11 nitrogen and oxygen atoms in total.